The topological polar surface area (TPSA) is 77.3 Å². The van der Waals surface area contributed by atoms with Crippen molar-refractivity contribution >= 4 is 32.7 Å². The van der Waals surface area contributed by atoms with E-state index in [0.29, 0.717) is 29.1 Å². The van der Waals surface area contributed by atoms with E-state index in [1.54, 1.807) is 24.3 Å². The Morgan fingerprint density at radius 1 is 1.07 bits per heavy atom. The average Bonchev–Trinajstić information content (AvgIpc) is 3.10. The van der Waals surface area contributed by atoms with Crippen molar-refractivity contribution in [2.75, 3.05) is 13.1 Å². The van der Waals surface area contributed by atoms with Crippen LogP contribution in [-0.4, -0.2) is 41.0 Å². The Labute approximate surface area is 162 Å². The SMILES string of the molecule is O=S(=O)(c1ccc2nnn(OCc3ccccc3Cl)c2c1)N1CCCCC1. The predicted molar refractivity (Wildman–Crippen MR) is 102 cm³/mol. The molecule has 9 heteroatoms. The van der Waals surface area contributed by atoms with Crippen LogP contribution in [0.2, 0.25) is 5.02 Å². The van der Waals surface area contributed by atoms with Crippen LogP contribution >= 0.6 is 11.6 Å². The summed E-state index contributed by atoms with van der Waals surface area (Å²) in [6, 6.07) is 12.1. The van der Waals surface area contributed by atoms with E-state index in [1.807, 2.05) is 18.2 Å². The minimum atomic E-state index is -3.53. The van der Waals surface area contributed by atoms with Gasteiger partial charge in [-0.3, -0.25) is 0 Å². The summed E-state index contributed by atoms with van der Waals surface area (Å²) in [6.07, 6.45) is 2.85. The Morgan fingerprint density at radius 3 is 2.63 bits per heavy atom. The Hall–Kier alpha value is -2.16. The van der Waals surface area contributed by atoms with E-state index in [-0.39, 0.29) is 11.5 Å². The van der Waals surface area contributed by atoms with Crippen LogP contribution in [0.1, 0.15) is 24.8 Å². The fourth-order valence-electron chi connectivity index (χ4n) is 3.13. The lowest BCUT2D eigenvalue weighted by Gasteiger charge is -2.25. The van der Waals surface area contributed by atoms with Gasteiger partial charge in [-0.25, -0.2) is 8.42 Å². The Balaban J connectivity index is 1.62. The second-order valence-electron chi connectivity index (χ2n) is 6.44. The molecule has 4 rings (SSSR count). The van der Waals surface area contributed by atoms with E-state index < -0.39 is 10.0 Å². The number of hydrogen-bond donors (Lipinski definition) is 0. The van der Waals surface area contributed by atoms with Gasteiger partial charge in [-0.2, -0.15) is 4.31 Å². The van der Waals surface area contributed by atoms with Crippen LogP contribution < -0.4 is 4.84 Å². The molecule has 1 saturated heterocycles. The van der Waals surface area contributed by atoms with Gasteiger partial charge in [0.1, 0.15) is 17.6 Å². The number of hydrogen-bond acceptors (Lipinski definition) is 5. The van der Waals surface area contributed by atoms with Gasteiger partial charge in [0.25, 0.3) is 0 Å². The third-order valence-corrected chi connectivity index (χ3v) is 6.90. The van der Waals surface area contributed by atoms with Gasteiger partial charge in [-0.1, -0.05) is 41.1 Å². The molecule has 2 heterocycles. The first kappa shape index (κ1) is 18.2. The number of rotatable bonds is 5. The standard InChI is InChI=1S/C18H19ClN4O3S/c19-16-7-3-2-6-14(16)13-26-23-18-12-15(8-9-17(18)20-21-23)27(24,25)22-10-4-1-5-11-22/h2-3,6-9,12H,1,4-5,10-11,13H2. The summed E-state index contributed by atoms with van der Waals surface area (Å²) in [5.74, 6) is 0. The van der Waals surface area contributed by atoms with Crippen LogP contribution in [0.4, 0.5) is 0 Å². The number of aromatic nitrogens is 3. The maximum atomic E-state index is 12.9. The Kier molecular flexibility index (Phi) is 5.03. The zero-order chi connectivity index (χ0) is 18.9. The first-order valence-electron chi connectivity index (χ1n) is 8.78. The Morgan fingerprint density at radius 2 is 1.85 bits per heavy atom. The predicted octanol–water partition coefficient (Wildman–Crippen LogP) is 2.89. The molecule has 7 nitrogen and oxygen atoms in total. The highest BCUT2D eigenvalue weighted by molar-refractivity contribution is 7.89. The highest BCUT2D eigenvalue weighted by Crippen LogP contribution is 2.23. The second kappa shape index (κ2) is 7.46. The number of nitrogens with zero attached hydrogens (tertiary/aromatic N) is 4. The van der Waals surface area contributed by atoms with Crippen molar-refractivity contribution in [2.45, 2.75) is 30.8 Å². The molecule has 0 saturated carbocycles. The van der Waals surface area contributed by atoms with Crippen molar-refractivity contribution in [1.82, 2.24) is 19.5 Å². The van der Waals surface area contributed by atoms with Crippen LogP contribution in [-0.2, 0) is 16.6 Å². The van der Waals surface area contributed by atoms with Crippen LogP contribution in [0.15, 0.2) is 47.4 Å². The number of fused-ring (bicyclic) bond motifs is 1. The van der Waals surface area contributed by atoms with Gasteiger partial charge in [0, 0.05) is 23.7 Å². The molecule has 0 N–H and O–H groups in total. The van der Waals surface area contributed by atoms with Crippen molar-refractivity contribution in [2.24, 2.45) is 0 Å². The summed E-state index contributed by atoms with van der Waals surface area (Å²) in [6.45, 7) is 1.31. The molecule has 1 fully saturated rings. The van der Waals surface area contributed by atoms with E-state index >= 15 is 0 Å². The molecule has 1 aliphatic heterocycles. The minimum Gasteiger partial charge on any atom is -0.390 e. The lowest BCUT2D eigenvalue weighted by atomic mass is 10.2. The van der Waals surface area contributed by atoms with Crippen molar-refractivity contribution in [1.29, 1.82) is 0 Å². The monoisotopic (exact) mass is 406 g/mol. The van der Waals surface area contributed by atoms with Gasteiger partial charge in [-0.15, -0.1) is 5.10 Å². The third kappa shape index (κ3) is 3.65. The molecule has 3 aromatic rings. The van der Waals surface area contributed by atoms with Gasteiger partial charge in [0.05, 0.1) is 4.90 Å². The zero-order valence-electron chi connectivity index (χ0n) is 14.6. The van der Waals surface area contributed by atoms with Gasteiger partial charge in [0.15, 0.2) is 0 Å². The van der Waals surface area contributed by atoms with Crippen LogP contribution in [0, 0.1) is 0 Å². The molecule has 1 aromatic heterocycles. The van der Waals surface area contributed by atoms with E-state index in [9.17, 15) is 8.42 Å². The van der Waals surface area contributed by atoms with E-state index in [2.05, 4.69) is 10.3 Å². The first-order valence-corrected chi connectivity index (χ1v) is 10.6. The summed E-state index contributed by atoms with van der Waals surface area (Å²) in [5, 5.41) is 8.60. The maximum absolute atomic E-state index is 12.9. The Bertz CT molecular complexity index is 1060. The summed E-state index contributed by atoms with van der Waals surface area (Å²) in [7, 11) is -3.53. The average molecular weight is 407 g/mol. The van der Waals surface area contributed by atoms with Gasteiger partial charge in [0.2, 0.25) is 10.0 Å². The van der Waals surface area contributed by atoms with Gasteiger partial charge in [-0.05, 0) is 42.3 Å². The van der Waals surface area contributed by atoms with Gasteiger partial charge < -0.3 is 4.84 Å². The van der Waals surface area contributed by atoms with E-state index in [1.165, 1.54) is 9.15 Å². The zero-order valence-corrected chi connectivity index (χ0v) is 16.2. The lowest BCUT2D eigenvalue weighted by molar-refractivity contribution is 0.0751. The molecular weight excluding hydrogens is 388 g/mol. The van der Waals surface area contributed by atoms with Crippen LogP contribution in [0.25, 0.3) is 11.0 Å². The fraction of sp³-hybridized carbons (Fsp3) is 0.333. The van der Waals surface area contributed by atoms with Crippen molar-refractivity contribution < 1.29 is 13.3 Å². The largest absolute Gasteiger partial charge is 0.390 e. The molecule has 0 amide bonds. The molecule has 0 unspecified atom stereocenters. The molecule has 0 radical (unpaired) electrons. The first-order chi connectivity index (χ1) is 13.1. The molecule has 142 valence electrons. The fourth-order valence-corrected chi connectivity index (χ4v) is 4.86. The van der Waals surface area contributed by atoms with Crippen LogP contribution in [0.3, 0.4) is 0 Å². The van der Waals surface area contributed by atoms with Crippen molar-refractivity contribution in [3.63, 3.8) is 0 Å². The second-order valence-corrected chi connectivity index (χ2v) is 8.79. The summed E-state index contributed by atoms with van der Waals surface area (Å²) in [5.41, 5.74) is 1.87. The quantitative estimate of drug-likeness (QED) is 0.651. The number of benzene rings is 2. The lowest BCUT2D eigenvalue weighted by Crippen LogP contribution is -2.35. The molecular formula is C18H19ClN4O3S. The maximum Gasteiger partial charge on any atom is 0.243 e. The van der Waals surface area contributed by atoms with Crippen molar-refractivity contribution in [3.05, 3.63) is 53.1 Å². The summed E-state index contributed by atoms with van der Waals surface area (Å²) in [4.78, 5) is 7.16. The number of sulfonamides is 1. The molecule has 27 heavy (non-hydrogen) atoms. The molecule has 1 aliphatic rings. The van der Waals surface area contributed by atoms with Crippen molar-refractivity contribution in [3.8, 4) is 0 Å². The highest BCUT2D eigenvalue weighted by atomic mass is 35.5. The highest BCUT2D eigenvalue weighted by Gasteiger charge is 2.26. The molecule has 0 aliphatic carbocycles. The minimum absolute atomic E-state index is 0.196. The normalized spacial score (nSPS) is 15.9. The van der Waals surface area contributed by atoms with Gasteiger partial charge >= 0.3 is 0 Å². The number of halogens is 1. The molecule has 2 aromatic carbocycles. The number of piperidine rings is 1. The smallest absolute Gasteiger partial charge is 0.243 e. The van der Waals surface area contributed by atoms with Crippen LogP contribution in [0.5, 0.6) is 0 Å². The van der Waals surface area contributed by atoms with E-state index in [4.69, 9.17) is 16.4 Å². The molecule has 0 bridgehead atoms. The summed E-state index contributed by atoms with van der Waals surface area (Å²) >= 11 is 6.14. The summed E-state index contributed by atoms with van der Waals surface area (Å²) < 4.78 is 27.3. The molecule has 0 spiro atoms. The third-order valence-electron chi connectivity index (χ3n) is 4.64. The van der Waals surface area contributed by atoms with E-state index in [0.717, 1.165) is 24.8 Å². The molecule has 0 atom stereocenters.